The van der Waals surface area contributed by atoms with Gasteiger partial charge in [0.1, 0.15) is 5.82 Å². The molecule has 170 valence electrons. The number of rotatable bonds is 4. The fraction of sp³-hybridized carbons (Fsp3) is 0.0800. The van der Waals surface area contributed by atoms with Gasteiger partial charge < -0.3 is 11.1 Å². The summed E-state index contributed by atoms with van der Waals surface area (Å²) in [6.45, 7) is 0. The molecule has 3 aromatic carbocycles. The minimum absolute atomic E-state index is 0.169. The topological polar surface area (TPSA) is 90.0 Å². The number of amides is 2. The van der Waals surface area contributed by atoms with Crippen molar-refractivity contribution in [2.24, 2.45) is 5.73 Å². The maximum atomic E-state index is 13.5. The zero-order chi connectivity index (χ0) is 24.0. The highest BCUT2D eigenvalue weighted by Gasteiger charge is 2.28. The molecule has 0 atom stereocenters. The molecule has 0 spiro atoms. The van der Waals surface area contributed by atoms with E-state index in [-0.39, 0.29) is 27.1 Å². The lowest BCUT2D eigenvalue weighted by Gasteiger charge is -2.20. The zero-order valence-electron chi connectivity index (χ0n) is 17.6. The van der Waals surface area contributed by atoms with E-state index in [0.717, 1.165) is 11.1 Å². The lowest BCUT2D eigenvalue weighted by atomic mass is 9.88. The quantitative estimate of drug-likeness (QED) is 0.396. The third-order valence-corrected chi connectivity index (χ3v) is 6.57. The number of aromatic nitrogens is 2. The largest absolute Gasteiger partial charge is 0.364 e. The molecule has 1 aliphatic carbocycles. The van der Waals surface area contributed by atoms with Gasteiger partial charge in [-0.15, -0.1) is 0 Å². The molecule has 0 saturated heterocycles. The van der Waals surface area contributed by atoms with Crippen LogP contribution in [0.2, 0.25) is 10.0 Å². The molecule has 34 heavy (non-hydrogen) atoms. The van der Waals surface area contributed by atoms with Crippen LogP contribution in [-0.4, -0.2) is 21.6 Å². The van der Waals surface area contributed by atoms with Crippen LogP contribution in [0.1, 0.15) is 32.0 Å². The van der Waals surface area contributed by atoms with E-state index < -0.39 is 11.8 Å². The number of carbonyl (C=O) groups excluding carboxylic acids is 2. The first-order chi connectivity index (χ1) is 16.3. The molecule has 3 N–H and O–H groups in total. The second-order valence-electron chi connectivity index (χ2n) is 7.86. The number of anilines is 1. The van der Waals surface area contributed by atoms with Crippen molar-refractivity contribution in [3.63, 3.8) is 0 Å². The van der Waals surface area contributed by atoms with Gasteiger partial charge >= 0.3 is 0 Å². The molecule has 0 bridgehead atoms. The Morgan fingerprint density at radius 2 is 1.79 bits per heavy atom. The fourth-order valence-electron chi connectivity index (χ4n) is 4.16. The molecule has 6 nitrogen and oxygen atoms in total. The predicted octanol–water partition coefficient (Wildman–Crippen LogP) is 5.44. The van der Waals surface area contributed by atoms with Crippen LogP contribution in [0.4, 0.5) is 10.1 Å². The van der Waals surface area contributed by atoms with Crippen LogP contribution >= 0.6 is 23.2 Å². The number of fused-ring (bicyclic) bond motifs is 3. The third-order valence-electron chi connectivity index (χ3n) is 5.75. The monoisotopic (exact) mass is 494 g/mol. The Kier molecular flexibility index (Phi) is 5.59. The van der Waals surface area contributed by atoms with Crippen LogP contribution in [0, 0.1) is 5.82 Å². The minimum atomic E-state index is -0.638. The number of nitrogens with one attached hydrogen (secondary N) is 1. The maximum Gasteiger partial charge on any atom is 0.269 e. The summed E-state index contributed by atoms with van der Waals surface area (Å²) in [4.78, 5) is 25.0. The van der Waals surface area contributed by atoms with E-state index in [1.807, 2.05) is 12.1 Å². The van der Waals surface area contributed by atoms with E-state index in [2.05, 4.69) is 10.4 Å². The van der Waals surface area contributed by atoms with Crippen LogP contribution in [0.3, 0.4) is 0 Å². The minimum Gasteiger partial charge on any atom is -0.364 e. The van der Waals surface area contributed by atoms with Crippen molar-refractivity contribution < 1.29 is 14.0 Å². The van der Waals surface area contributed by atoms with Gasteiger partial charge in [0, 0.05) is 16.8 Å². The molecule has 1 aromatic heterocycles. The number of carbonyl (C=O) groups is 2. The Hall–Kier alpha value is -3.68. The van der Waals surface area contributed by atoms with Crippen molar-refractivity contribution >= 4 is 40.7 Å². The molecule has 4 aromatic rings. The van der Waals surface area contributed by atoms with E-state index in [1.165, 1.54) is 12.1 Å². The summed E-state index contributed by atoms with van der Waals surface area (Å²) >= 11 is 12.2. The number of aryl methyl sites for hydroxylation is 1. The number of hydrogen-bond acceptors (Lipinski definition) is 3. The lowest BCUT2D eigenvalue weighted by Crippen LogP contribution is -2.16. The van der Waals surface area contributed by atoms with E-state index in [9.17, 15) is 14.0 Å². The van der Waals surface area contributed by atoms with Crippen molar-refractivity contribution in [1.29, 1.82) is 0 Å². The van der Waals surface area contributed by atoms with Crippen LogP contribution in [-0.2, 0) is 12.8 Å². The van der Waals surface area contributed by atoms with Crippen molar-refractivity contribution in [2.75, 3.05) is 5.32 Å². The Morgan fingerprint density at radius 3 is 2.53 bits per heavy atom. The highest BCUT2D eigenvalue weighted by molar-refractivity contribution is 6.44. The highest BCUT2D eigenvalue weighted by atomic mass is 35.5. The van der Waals surface area contributed by atoms with Crippen LogP contribution in [0.15, 0.2) is 60.7 Å². The van der Waals surface area contributed by atoms with E-state index in [0.29, 0.717) is 35.5 Å². The van der Waals surface area contributed by atoms with Gasteiger partial charge in [0.05, 0.1) is 27.0 Å². The summed E-state index contributed by atoms with van der Waals surface area (Å²) in [5.74, 6) is -1.43. The molecule has 0 fully saturated rings. The number of hydrogen-bond donors (Lipinski definition) is 2. The van der Waals surface area contributed by atoms with Crippen molar-refractivity contribution in [3.8, 4) is 16.9 Å². The fourth-order valence-corrected chi connectivity index (χ4v) is 4.55. The Bertz CT molecular complexity index is 1460. The smallest absolute Gasteiger partial charge is 0.269 e. The second kappa shape index (κ2) is 8.59. The van der Waals surface area contributed by atoms with Crippen LogP contribution in [0.25, 0.3) is 16.9 Å². The summed E-state index contributed by atoms with van der Waals surface area (Å²) in [6.07, 6.45) is 1.25. The number of benzene rings is 3. The summed E-state index contributed by atoms with van der Waals surface area (Å²) in [6, 6.07) is 16.2. The van der Waals surface area contributed by atoms with Crippen molar-refractivity contribution in [2.45, 2.75) is 12.8 Å². The summed E-state index contributed by atoms with van der Waals surface area (Å²) in [5.41, 5.74) is 10.3. The second-order valence-corrected chi connectivity index (χ2v) is 8.64. The van der Waals surface area contributed by atoms with Crippen molar-refractivity contribution in [3.05, 3.63) is 98.9 Å². The van der Waals surface area contributed by atoms with Crippen molar-refractivity contribution in [1.82, 2.24) is 9.78 Å². The molecule has 0 radical (unpaired) electrons. The Morgan fingerprint density at radius 1 is 1.03 bits per heavy atom. The number of nitrogens with two attached hydrogens (primary N) is 1. The molecule has 2 amide bonds. The predicted molar refractivity (Wildman–Crippen MR) is 129 cm³/mol. The average Bonchev–Trinajstić information content (AvgIpc) is 3.22. The molecule has 5 rings (SSSR count). The van der Waals surface area contributed by atoms with Crippen LogP contribution in [0.5, 0.6) is 0 Å². The first-order valence-electron chi connectivity index (χ1n) is 10.4. The van der Waals surface area contributed by atoms with Gasteiger partial charge in [0.2, 0.25) is 0 Å². The molecule has 1 heterocycles. The van der Waals surface area contributed by atoms with Gasteiger partial charge in [-0.3, -0.25) is 9.59 Å². The van der Waals surface area contributed by atoms with E-state index >= 15 is 0 Å². The molecule has 0 aliphatic heterocycles. The van der Waals surface area contributed by atoms with Gasteiger partial charge in [0.15, 0.2) is 5.69 Å². The first-order valence-corrected chi connectivity index (χ1v) is 11.2. The Balaban J connectivity index is 1.60. The van der Waals surface area contributed by atoms with Gasteiger partial charge in [-0.05, 0) is 66.9 Å². The third kappa shape index (κ3) is 3.83. The number of halogens is 3. The van der Waals surface area contributed by atoms with E-state index in [1.54, 1.807) is 41.1 Å². The normalized spacial score (nSPS) is 12.1. The SMILES string of the molecule is NC(=O)c1nn(-c2ccc(F)cc2)c2c1CCc1ccc(NC(=O)c3cccc(Cl)c3Cl)cc1-2. The molecular formula is C25H17Cl2FN4O2. The maximum absolute atomic E-state index is 13.5. The average molecular weight is 495 g/mol. The number of primary amides is 1. The van der Waals surface area contributed by atoms with Gasteiger partial charge in [0.25, 0.3) is 11.8 Å². The van der Waals surface area contributed by atoms with Gasteiger partial charge in [-0.25, -0.2) is 9.07 Å². The highest BCUT2D eigenvalue weighted by Crippen LogP contribution is 2.38. The standard InChI is InChI=1S/C25H17Cl2FN4O2/c26-20-3-1-2-17(21(20)27)25(34)30-15-8-4-13-5-11-18-22(24(29)33)31-32(23(18)19(13)12-15)16-9-6-14(28)7-10-16/h1-4,6-10,12H,5,11H2,(H2,29,33)(H,30,34). The summed E-state index contributed by atoms with van der Waals surface area (Å²) in [7, 11) is 0. The Labute approximate surface area is 204 Å². The zero-order valence-corrected chi connectivity index (χ0v) is 19.1. The first kappa shape index (κ1) is 22.1. The summed E-state index contributed by atoms with van der Waals surface area (Å²) < 4.78 is 15.1. The molecule has 9 heteroatoms. The van der Waals surface area contributed by atoms with Gasteiger partial charge in [-0.2, -0.15) is 5.10 Å². The van der Waals surface area contributed by atoms with E-state index in [4.69, 9.17) is 28.9 Å². The lowest BCUT2D eigenvalue weighted by molar-refractivity contribution is 0.0992. The molecule has 0 saturated carbocycles. The van der Waals surface area contributed by atoms with Crippen LogP contribution < -0.4 is 11.1 Å². The molecule has 1 aliphatic rings. The van der Waals surface area contributed by atoms with Gasteiger partial charge in [-0.1, -0.05) is 35.3 Å². The molecule has 0 unspecified atom stereocenters. The summed E-state index contributed by atoms with van der Waals surface area (Å²) in [5, 5.41) is 7.75. The number of nitrogens with zero attached hydrogens (tertiary/aromatic N) is 2. The molecular weight excluding hydrogens is 478 g/mol.